The number of amides is 4. The van der Waals surface area contributed by atoms with Crippen LogP contribution in [0.2, 0.25) is 0 Å². The molecule has 0 aliphatic heterocycles. The van der Waals surface area contributed by atoms with Gasteiger partial charge in [0.2, 0.25) is 0 Å². The third-order valence-electron chi connectivity index (χ3n) is 4.06. The van der Waals surface area contributed by atoms with E-state index in [-0.39, 0.29) is 18.5 Å². The average molecular weight is 332 g/mol. The van der Waals surface area contributed by atoms with Crippen molar-refractivity contribution in [1.82, 2.24) is 21.5 Å². The number of hydrogen-bond donors (Lipinski definition) is 4. The fourth-order valence-corrected chi connectivity index (χ4v) is 2.72. The van der Waals surface area contributed by atoms with Crippen molar-refractivity contribution in [1.29, 1.82) is 0 Å². The van der Waals surface area contributed by atoms with Crippen LogP contribution in [0.25, 0.3) is 0 Å². The van der Waals surface area contributed by atoms with Gasteiger partial charge in [-0.25, -0.2) is 10.2 Å². The molecular formula is C17H24N4O3. The lowest BCUT2D eigenvalue weighted by Gasteiger charge is -2.22. The Morgan fingerprint density at radius 2 is 1.75 bits per heavy atom. The summed E-state index contributed by atoms with van der Waals surface area (Å²) in [4.78, 5) is 35.4. The van der Waals surface area contributed by atoms with Crippen molar-refractivity contribution in [3.63, 3.8) is 0 Å². The van der Waals surface area contributed by atoms with Crippen LogP contribution in [0.15, 0.2) is 24.3 Å². The lowest BCUT2D eigenvalue weighted by atomic mass is 9.96. The average Bonchev–Trinajstić information content (AvgIpc) is 2.59. The smallest absolute Gasteiger partial charge is 0.333 e. The number of nitrogens with one attached hydrogen (secondary N) is 4. The molecule has 130 valence electrons. The number of carbonyl (C=O) groups is 3. The van der Waals surface area contributed by atoms with Crippen LogP contribution in [-0.2, 0) is 4.79 Å². The molecule has 0 heterocycles. The van der Waals surface area contributed by atoms with E-state index in [0.717, 1.165) is 31.2 Å². The fourth-order valence-electron chi connectivity index (χ4n) is 2.72. The molecule has 1 aliphatic carbocycles. The first-order chi connectivity index (χ1) is 11.6. The number of benzene rings is 1. The molecule has 4 N–H and O–H groups in total. The van der Waals surface area contributed by atoms with Gasteiger partial charge in [0.15, 0.2) is 0 Å². The Hall–Kier alpha value is -2.57. The van der Waals surface area contributed by atoms with Gasteiger partial charge in [-0.2, -0.15) is 0 Å². The van der Waals surface area contributed by atoms with Crippen molar-refractivity contribution in [3.8, 4) is 0 Å². The van der Waals surface area contributed by atoms with Crippen LogP contribution in [0.1, 0.15) is 48.0 Å². The SMILES string of the molecule is Cc1ccccc1C(=O)NCC(=O)NNC(=O)NC1CCCCC1. The Bertz CT molecular complexity index is 597. The number of urea groups is 1. The van der Waals surface area contributed by atoms with E-state index < -0.39 is 11.9 Å². The molecule has 2 rings (SSSR count). The van der Waals surface area contributed by atoms with Gasteiger partial charge in [-0.3, -0.25) is 15.0 Å². The lowest BCUT2D eigenvalue weighted by Crippen LogP contribution is -2.52. The second-order valence-corrected chi connectivity index (χ2v) is 5.98. The Kier molecular flexibility index (Phi) is 6.60. The third kappa shape index (κ3) is 5.57. The number of hydrogen-bond acceptors (Lipinski definition) is 3. The predicted octanol–water partition coefficient (Wildman–Crippen LogP) is 1.39. The quantitative estimate of drug-likeness (QED) is 0.627. The largest absolute Gasteiger partial charge is 0.343 e. The third-order valence-corrected chi connectivity index (χ3v) is 4.06. The first-order valence-electron chi connectivity index (χ1n) is 8.25. The zero-order valence-corrected chi connectivity index (χ0v) is 13.9. The van der Waals surface area contributed by atoms with Crippen LogP contribution in [-0.4, -0.2) is 30.4 Å². The molecular weight excluding hydrogens is 308 g/mol. The zero-order valence-electron chi connectivity index (χ0n) is 13.9. The maximum atomic E-state index is 12.0. The molecule has 24 heavy (non-hydrogen) atoms. The maximum Gasteiger partial charge on any atom is 0.333 e. The van der Waals surface area contributed by atoms with Crippen LogP contribution in [0.4, 0.5) is 4.79 Å². The van der Waals surface area contributed by atoms with E-state index in [0.29, 0.717) is 5.56 Å². The topological polar surface area (TPSA) is 99.3 Å². The summed E-state index contributed by atoms with van der Waals surface area (Å²) in [7, 11) is 0. The van der Waals surface area contributed by atoms with Gasteiger partial charge in [-0.15, -0.1) is 0 Å². The van der Waals surface area contributed by atoms with E-state index in [1.165, 1.54) is 6.42 Å². The van der Waals surface area contributed by atoms with Crippen LogP contribution >= 0.6 is 0 Å². The summed E-state index contributed by atoms with van der Waals surface area (Å²) in [5.41, 5.74) is 5.94. The van der Waals surface area contributed by atoms with Gasteiger partial charge in [-0.05, 0) is 31.4 Å². The second-order valence-electron chi connectivity index (χ2n) is 5.98. The van der Waals surface area contributed by atoms with Crippen molar-refractivity contribution < 1.29 is 14.4 Å². The Morgan fingerprint density at radius 3 is 2.46 bits per heavy atom. The summed E-state index contributed by atoms with van der Waals surface area (Å²) >= 11 is 0. The molecule has 1 aromatic rings. The summed E-state index contributed by atoms with van der Waals surface area (Å²) < 4.78 is 0. The van der Waals surface area contributed by atoms with E-state index in [1.54, 1.807) is 12.1 Å². The van der Waals surface area contributed by atoms with Crippen LogP contribution < -0.4 is 21.5 Å². The highest BCUT2D eigenvalue weighted by atomic mass is 16.2. The molecule has 0 aromatic heterocycles. The normalized spacial score (nSPS) is 14.5. The molecule has 0 atom stereocenters. The minimum atomic E-state index is -0.490. The number of hydrazine groups is 1. The molecule has 7 nitrogen and oxygen atoms in total. The Labute approximate surface area is 141 Å². The number of aryl methyl sites for hydroxylation is 1. The molecule has 0 unspecified atom stereocenters. The van der Waals surface area contributed by atoms with Gasteiger partial charge in [0.1, 0.15) is 0 Å². The van der Waals surface area contributed by atoms with Gasteiger partial charge < -0.3 is 10.6 Å². The van der Waals surface area contributed by atoms with E-state index in [4.69, 9.17) is 0 Å². The van der Waals surface area contributed by atoms with Gasteiger partial charge >= 0.3 is 6.03 Å². The fraction of sp³-hybridized carbons (Fsp3) is 0.471. The van der Waals surface area contributed by atoms with Gasteiger partial charge in [0, 0.05) is 11.6 Å². The van der Waals surface area contributed by atoms with Crippen LogP contribution in [0.3, 0.4) is 0 Å². The van der Waals surface area contributed by atoms with Gasteiger partial charge in [-0.1, -0.05) is 37.5 Å². The molecule has 1 aromatic carbocycles. The van der Waals surface area contributed by atoms with Crippen molar-refractivity contribution in [2.45, 2.75) is 45.1 Å². The summed E-state index contributed by atoms with van der Waals surface area (Å²) in [5.74, 6) is -0.814. The van der Waals surface area contributed by atoms with E-state index in [1.807, 2.05) is 19.1 Å². The molecule has 4 amide bonds. The maximum absolute atomic E-state index is 12.0. The molecule has 0 bridgehead atoms. The summed E-state index contributed by atoms with van der Waals surface area (Å²) in [6, 6.07) is 6.86. The number of carbonyl (C=O) groups excluding carboxylic acids is 3. The van der Waals surface area contributed by atoms with Crippen LogP contribution in [0, 0.1) is 6.92 Å². The summed E-state index contributed by atoms with van der Waals surface area (Å²) in [6.07, 6.45) is 5.36. The van der Waals surface area contributed by atoms with E-state index in [9.17, 15) is 14.4 Å². The highest BCUT2D eigenvalue weighted by Gasteiger charge is 2.16. The summed E-state index contributed by atoms with van der Waals surface area (Å²) in [5, 5.41) is 5.34. The van der Waals surface area contributed by atoms with Gasteiger partial charge in [0.25, 0.3) is 11.8 Å². The number of rotatable bonds is 4. The molecule has 0 saturated heterocycles. The molecule has 1 fully saturated rings. The van der Waals surface area contributed by atoms with Crippen molar-refractivity contribution in [2.24, 2.45) is 0 Å². The molecule has 0 spiro atoms. The highest BCUT2D eigenvalue weighted by molar-refractivity contribution is 5.97. The molecule has 7 heteroatoms. The standard InChI is InChI=1S/C17H24N4O3/c1-12-7-5-6-10-14(12)16(23)18-11-15(22)20-21-17(24)19-13-8-3-2-4-9-13/h5-7,10,13H,2-4,8-9,11H2,1H3,(H,18,23)(H,20,22)(H2,19,21,24). The van der Waals surface area contributed by atoms with E-state index >= 15 is 0 Å². The Balaban J connectivity index is 1.66. The molecule has 1 aliphatic rings. The van der Waals surface area contributed by atoms with Crippen molar-refractivity contribution in [3.05, 3.63) is 35.4 Å². The lowest BCUT2D eigenvalue weighted by molar-refractivity contribution is -0.120. The van der Waals surface area contributed by atoms with Crippen molar-refractivity contribution in [2.75, 3.05) is 6.54 Å². The predicted molar refractivity (Wildman–Crippen MR) is 90.2 cm³/mol. The van der Waals surface area contributed by atoms with Crippen molar-refractivity contribution >= 4 is 17.8 Å². The highest BCUT2D eigenvalue weighted by Crippen LogP contribution is 2.16. The van der Waals surface area contributed by atoms with Crippen LogP contribution in [0.5, 0.6) is 0 Å². The second kappa shape index (κ2) is 8.90. The minimum absolute atomic E-state index is 0.163. The van der Waals surface area contributed by atoms with E-state index in [2.05, 4.69) is 21.5 Å². The van der Waals surface area contributed by atoms with Gasteiger partial charge in [0.05, 0.1) is 6.54 Å². The molecule has 0 radical (unpaired) electrons. The molecule has 1 saturated carbocycles. The summed E-state index contributed by atoms with van der Waals surface area (Å²) in [6.45, 7) is 1.61. The minimum Gasteiger partial charge on any atom is -0.343 e. The zero-order chi connectivity index (χ0) is 17.4. The Morgan fingerprint density at radius 1 is 1.04 bits per heavy atom. The first-order valence-corrected chi connectivity index (χ1v) is 8.25. The monoisotopic (exact) mass is 332 g/mol. The first kappa shape index (κ1) is 17.8.